The Morgan fingerprint density at radius 1 is 1.04 bits per heavy atom. The molecule has 5 nitrogen and oxygen atoms in total. The highest BCUT2D eigenvalue weighted by molar-refractivity contribution is 7.09. The molecular weight excluding hydrogens is 322 g/mol. The Kier molecular flexibility index (Phi) is 5.76. The minimum atomic E-state index is 0.489. The van der Waals surface area contributed by atoms with Gasteiger partial charge >= 0.3 is 0 Å². The zero-order valence-corrected chi connectivity index (χ0v) is 14.3. The molecule has 0 amide bonds. The first kappa shape index (κ1) is 16.4. The summed E-state index contributed by atoms with van der Waals surface area (Å²) in [5.41, 5.74) is 2.04. The Morgan fingerprint density at radius 2 is 1.83 bits per heavy atom. The predicted octanol–water partition coefficient (Wildman–Crippen LogP) is 4.05. The van der Waals surface area contributed by atoms with Crippen LogP contribution < -0.4 is 10.1 Å². The normalized spacial score (nSPS) is 10.5. The second kappa shape index (κ2) is 8.42. The number of aromatic nitrogens is 2. The maximum atomic E-state index is 5.84. The van der Waals surface area contributed by atoms with Crippen LogP contribution in [-0.4, -0.2) is 23.1 Å². The van der Waals surface area contributed by atoms with Crippen molar-refractivity contribution in [3.63, 3.8) is 0 Å². The van der Waals surface area contributed by atoms with Crippen LogP contribution in [0.4, 0.5) is 10.8 Å². The molecule has 0 spiro atoms. The molecular formula is C18H19N3O2S. The minimum absolute atomic E-state index is 0.489. The number of para-hydroxylation sites is 2. The van der Waals surface area contributed by atoms with Crippen LogP contribution in [0.25, 0.3) is 0 Å². The maximum absolute atomic E-state index is 5.84. The summed E-state index contributed by atoms with van der Waals surface area (Å²) in [4.78, 5) is 4.48. The highest BCUT2D eigenvalue weighted by Gasteiger charge is 2.08. The monoisotopic (exact) mass is 341 g/mol. The Labute approximate surface area is 145 Å². The van der Waals surface area contributed by atoms with Crippen molar-refractivity contribution in [2.75, 3.05) is 19.0 Å². The van der Waals surface area contributed by atoms with Crippen LogP contribution in [0.3, 0.4) is 0 Å². The molecule has 0 saturated heterocycles. The molecule has 0 radical (unpaired) electrons. The summed E-state index contributed by atoms with van der Waals surface area (Å²) >= 11 is 1.35. The van der Waals surface area contributed by atoms with Crippen molar-refractivity contribution in [1.82, 2.24) is 9.36 Å². The van der Waals surface area contributed by atoms with Crippen LogP contribution in [0.1, 0.15) is 11.4 Å². The molecule has 0 bridgehead atoms. The van der Waals surface area contributed by atoms with Gasteiger partial charge in [0.15, 0.2) is 0 Å². The first-order valence-electron chi connectivity index (χ1n) is 7.69. The van der Waals surface area contributed by atoms with Gasteiger partial charge in [-0.15, -0.1) is 0 Å². The van der Waals surface area contributed by atoms with Crippen molar-refractivity contribution in [3.05, 3.63) is 66.0 Å². The number of ether oxygens (including phenoxy) is 2. The van der Waals surface area contributed by atoms with E-state index in [1.54, 1.807) is 7.11 Å². The molecule has 0 fully saturated rings. The predicted molar refractivity (Wildman–Crippen MR) is 96.0 cm³/mol. The molecule has 1 N–H and O–H groups in total. The average Bonchev–Trinajstić information content (AvgIpc) is 3.07. The lowest BCUT2D eigenvalue weighted by Gasteiger charge is -2.11. The fourth-order valence-corrected chi connectivity index (χ4v) is 2.79. The van der Waals surface area contributed by atoms with Gasteiger partial charge in [-0.1, -0.05) is 36.4 Å². The maximum Gasteiger partial charge on any atom is 0.207 e. The summed E-state index contributed by atoms with van der Waals surface area (Å²) in [6.45, 7) is 1.11. The van der Waals surface area contributed by atoms with Gasteiger partial charge in [0.05, 0.1) is 6.61 Å². The van der Waals surface area contributed by atoms with Gasteiger partial charge in [0, 0.05) is 36.3 Å². The summed E-state index contributed by atoms with van der Waals surface area (Å²) in [6, 6.07) is 17.8. The van der Waals surface area contributed by atoms with E-state index in [2.05, 4.69) is 14.7 Å². The van der Waals surface area contributed by atoms with E-state index in [0.29, 0.717) is 19.6 Å². The Balaban J connectivity index is 1.66. The van der Waals surface area contributed by atoms with Crippen molar-refractivity contribution >= 4 is 22.4 Å². The van der Waals surface area contributed by atoms with Crippen molar-refractivity contribution in [3.8, 4) is 5.75 Å². The van der Waals surface area contributed by atoms with Gasteiger partial charge < -0.3 is 14.8 Å². The Morgan fingerprint density at radius 3 is 2.67 bits per heavy atom. The lowest BCUT2D eigenvalue weighted by atomic mass is 10.2. The SMILES string of the molecule is COCCc1nsc(Nc2ccccc2COc2ccccc2)n1. The molecule has 0 aliphatic heterocycles. The third kappa shape index (κ3) is 4.53. The fraction of sp³-hybridized carbons (Fsp3) is 0.222. The number of anilines is 2. The highest BCUT2D eigenvalue weighted by atomic mass is 32.1. The Bertz CT molecular complexity index is 762. The van der Waals surface area contributed by atoms with Gasteiger partial charge in [0.1, 0.15) is 18.2 Å². The largest absolute Gasteiger partial charge is 0.489 e. The van der Waals surface area contributed by atoms with E-state index in [9.17, 15) is 0 Å². The van der Waals surface area contributed by atoms with E-state index >= 15 is 0 Å². The summed E-state index contributed by atoms with van der Waals surface area (Å²) in [5, 5.41) is 4.10. The molecule has 0 atom stereocenters. The van der Waals surface area contributed by atoms with Crippen molar-refractivity contribution in [2.45, 2.75) is 13.0 Å². The van der Waals surface area contributed by atoms with Gasteiger partial charge in [0.2, 0.25) is 5.13 Å². The molecule has 2 aromatic carbocycles. The van der Waals surface area contributed by atoms with E-state index in [0.717, 1.165) is 28.0 Å². The molecule has 3 aromatic rings. The summed E-state index contributed by atoms with van der Waals surface area (Å²) in [6.07, 6.45) is 0.716. The number of hydrogen-bond acceptors (Lipinski definition) is 6. The molecule has 1 heterocycles. The molecule has 1 aromatic heterocycles. The third-order valence-electron chi connectivity index (χ3n) is 3.39. The smallest absolute Gasteiger partial charge is 0.207 e. The standard InChI is InChI=1S/C18H19N3O2S/c1-22-12-11-17-20-18(24-21-17)19-16-10-6-5-7-14(16)13-23-15-8-3-2-4-9-15/h2-10H,11-13H2,1H3,(H,19,20,21). The van der Waals surface area contributed by atoms with Crippen LogP contribution in [-0.2, 0) is 17.8 Å². The van der Waals surface area contributed by atoms with Gasteiger partial charge in [-0.25, -0.2) is 4.98 Å². The van der Waals surface area contributed by atoms with E-state index < -0.39 is 0 Å². The van der Waals surface area contributed by atoms with Gasteiger partial charge in [-0.2, -0.15) is 4.37 Å². The van der Waals surface area contributed by atoms with Crippen LogP contribution >= 0.6 is 11.5 Å². The van der Waals surface area contributed by atoms with Gasteiger partial charge in [0.25, 0.3) is 0 Å². The number of nitrogens with one attached hydrogen (secondary N) is 1. The molecule has 0 aliphatic rings. The Hall–Kier alpha value is -2.44. The molecule has 6 heteroatoms. The first-order valence-corrected chi connectivity index (χ1v) is 8.47. The van der Waals surface area contributed by atoms with Crippen molar-refractivity contribution in [2.24, 2.45) is 0 Å². The molecule has 0 saturated carbocycles. The van der Waals surface area contributed by atoms with Crippen LogP contribution in [0.2, 0.25) is 0 Å². The fourth-order valence-electron chi connectivity index (χ4n) is 2.16. The zero-order chi connectivity index (χ0) is 16.6. The molecule has 0 unspecified atom stereocenters. The number of benzene rings is 2. The second-order valence-corrected chi connectivity index (χ2v) is 5.89. The van der Waals surface area contributed by atoms with E-state index in [4.69, 9.17) is 9.47 Å². The van der Waals surface area contributed by atoms with E-state index in [1.807, 2.05) is 54.6 Å². The van der Waals surface area contributed by atoms with E-state index in [-0.39, 0.29) is 0 Å². The molecule has 124 valence electrons. The quantitative estimate of drug-likeness (QED) is 0.670. The van der Waals surface area contributed by atoms with Gasteiger partial charge in [-0.3, -0.25) is 0 Å². The summed E-state index contributed by atoms with van der Waals surface area (Å²) in [5.74, 6) is 1.65. The second-order valence-electron chi connectivity index (χ2n) is 5.14. The van der Waals surface area contributed by atoms with Crippen LogP contribution in [0.15, 0.2) is 54.6 Å². The summed E-state index contributed by atoms with van der Waals surface area (Å²) < 4.78 is 15.2. The number of rotatable bonds is 8. The zero-order valence-electron chi connectivity index (χ0n) is 13.4. The van der Waals surface area contributed by atoms with E-state index in [1.165, 1.54) is 11.5 Å². The lowest BCUT2D eigenvalue weighted by Crippen LogP contribution is -2.01. The molecule has 24 heavy (non-hydrogen) atoms. The minimum Gasteiger partial charge on any atom is -0.489 e. The topological polar surface area (TPSA) is 56.3 Å². The first-order chi connectivity index (χ1) is 11.8. The number of methoxy groups -OCH3 is 1. The van der Waals surface area contributed by atoms with Gasteiger partial charge in [-0.05, 0) is 18.2 Å². The lowest BCUT2D eigenvalue weighted by molar-refractivity contribution is 0.201. The third-order valence-corrected chi connectivity index (χ3v) is 4.06. The summed E-state index contributed by atoms with van der Waals surface area (Å²) in [7, 11) is 1.68. The van der Waals surface area contributed by atoms with Crippen LogP contribution in [0, 0.1) is 0 Å². The van der Waals surface area contributed by atoms with Crippen molar-refractivity contribution in [1.29, 1.82) is 0 Å². The van der Waals surface area contributed by atoms with Crippen LogP contribution in [0.5, 0.6) is 5.75 Å². The average molecular weight is 341 g/mol. The number of hydrogen-bond donors (Lipinski definition) is 1. The molecule has 3 rings (SSSR count). The highest BCUT2D eigenvalue weighted by Crippen LogP contribution is 2.23. The number of nitrogens with zero attached hydrogens (tertiary/aromatic N) is 2. The molecule has 0 aliphatic carbocycles. The van der Waals surface area contributed by atoms with Crippen molar-refractivity contribution < 1.29 is 9.47 Å².